The molecular weight excluding hydrogens is 330 g/mol. The molecule has 0 spiro atoms. The summed E-state index contributed by atoms with van der Waals surface area (Å²) in [5, 5.41) is 12.1. The van der Waals surface area contributed by atoms with Crippen molar-refractivity contribution in [2.24, 2.45) is 7.05 Å². The first-order chi connectivity index (χ1) is 12.7. The summed E-state index contributed by atoms with van der Waals surface area (Å²) in [5.74, 6) is 1.28. The average molecular weight is 353 g/mol. The van der Waals surface area contributed by atoms with E-state index in [1.54, 1.807) is 0 Å². The predicted octanol–water partition coefficient (Wildman–Crippen LogP) is 2.44. The third-order valence-corrected chi connectivity index (χ3v) is 4.70. The number of nitrogens with one attached hydrogen (secondary N) is 1. The van der Waals surface area contributed by atoms with Gasteiger partial charge in [0, 0.05) is 50.0 Å². The molecule has 0 bridgehead atoms. The van der Waals surface area contributed by atoms with E-state index in [4.69, 9.17) is 9.26 Å². The summed E-state index contributed by atoms with van der Waals surface area (Å²) in [7, 11) is 1.94. The van der Waals surface area contributed by atoms with Gasteiger partial charge >= 0.3 is 0 Å². The van der Waals surface area contributed by atoms with E-state index in [1.807, 2.05) is 55.2 Å². The van der Waals surface area contributed by atoms with Crippen molar-refractivity contribution in [1.29, 1.82) is 0 Å². The van der Waals surface area contributed by atoms with Crippen LogP contribution >= 0.6 is 0 Å². The Morgan fingerprint density at radius 2 is 2.12 bits per heavy atom. The van der Waals surface area contributed by atoms with Crippen LogP contribution in [0.15, 0.2) is 41.1 Å². The van der Waals surface area contributed by atoms with Crippen molar-refractivity contribution in [2.45, 2.75) is 31.9 Å². The molecule has 0 amide bonds. The minimum absolute atomic E-state index is 0.0475. The molecule has 0 unspecified atom stereocenters. The van der Waals surface area contributed by atoms with Crippen molar-refractivity contribution in [3.05, 3.63) is 53.7 Å². The van der Waals surface area contributed by atoms with Crippen LogP contribution < -0.4 is 5.32 Å². The molecular formula is C19H23N5O2. The Morgan fingerprint density at radius 1 is 1.27 bits per heavy atom. The van der Waals surface area contributed by atoms with Gasteiger partial charge in [0.05, 0.1) is 5.69 Å². The van der Waals surface area contributed by atoms with E-state index in [2.05, 4.69) is 20.6 Å². The molecule has 1 N–H and O–H groups in total. The minimum atomic E-state index is 0.0475. The number of nitrogens with zero attached hydrogens (tertiary/aromatic N) is 4. The number of ether oxygens (including phenoxy) is 1. The van der Waals surface area contributed by atoms with Gasteiger partial charge in [0.25, 0.3) is 0 Å². The quantitative estimate of drug-likeness (QED) is 0.733. The van der Waals surface area contributed by atoms with Gasteiger partial charge in [-0.05, 0) is 13.3 Å². The molecule has 26 heavy (non-hydrogen) atoms. The summed E-state index contributed by atoms with van der Waals surface area (Å²) >= 11 is 0. The molecule has 0 aliphatic carbocycles. The second kappa shape index (κ2) is 7.39. The van der Waals surface area contributed by atoms with Crippen LogP contribution in [0.5, 0.6) is 0 Å². The Hall–Kier alpha value is -2.51. The molecule has 3 heterocycles. The first kappa shape index (κ1) is 16.9. The maximum atomic E-state index is 5.94. The van der Waals surface area contributed by atoms with Crippen LogP contribution in [-0.4, -0.2) is 39.1 Å². The highest BCUT2D eigenvalue weighted by Crippen LogP contribution is 2.30. The van der Waals surface area contributed by atoms with Gasteiger partial charge < -0.3 is 14.6 Å². The normalized spacial score (nSPS) is 19.9. The summed E-state index contributed by atoms with van der Waals surface area (Å²) < 4.78 is 13.2. The van der Waals surface area contributed by atoms with Crippen LogP contribution in [0.2, 0.25) is 0 Å². The molecule has 7 heteroatoms. The first-order valence-electron chi connectivity index (χ1n) is 8.94. The molecule has 1 aromatic carbocycles. The Balaban J connectivity index is 1.34. The van der Waals surface area contributed by atoms with Gasteiger partial charge in [0.2, 0.25) is 11.7 Å². The Labute approximate surface area is 152 Å². The molecule has 1 fully saturated rings. The average Bonchev–Trinajstić information content (AvgIpc) is 3.36. The van der Waals surface area contributed by atoms with Crippen molar-refractivity contribution >= 4 is 0 Å². The van der Waals surface area contributed by atoms with Crippen molar-refractivity contribution in [3.63, 3.8) is 0 Å². The zero-order valence-corrected chi connectivity index (χ0v) is 15.1. The highest BCUT2D eigenvalue weighted by atomic mass is 16.5. The monoisotopic (exact) mass is 353 g/mol. The second-order valence-electron chi connectivity index (χ2n) is 6.61. The van der Waals surface area contributed by atoms with Crippen LogP contribution in [0.3, 0.4) is 0 Å². The van der Waals surface area contributed by atoms with Gasteiger partial charge in [0.1, 0.15) is 6.10 Å². The number of aromatic nitrogens is 4. The van der Waals surface area contributed by atoms with E-state index in [0.29, 0.717) is 18.1 Å². The fraction of sp³-hybridized carbons (Fsp3) is 0.421. The lowest BCUT2D eigenvalue weighted by Crippen LogP contribution is -2.33. The second-order valence-corrected chi connectivity index (χ2v) is 6.61. The van der Waals surface area contributed by atoms with E-state index in [-0.39, 0.29) is 12.1 Å². The number of hydrogen-bond acceptors (Lipinski definition) is 6. The van der Waals surface area contributed by atoms with Crippen molar-refractivity contribution in [1.82, 2.24) is 25.2 Å². The van der Waals surface area contributed by atoms with Gasteiger partial charge in [0.15, 0.2) is 0 Å². The standard InChI is InChI=1S/C19H23N5O2/c1-13-15(12-24(2)22-13)18-16(9-11-25-18)20-10-8-17-21-19(23-26-17)14-6-4-3-5-7-14/h3-7,12,16,18,20H,8-11H2,1-2H3/t16-,18+/m0/s1. The van der Waals surface area contributed by atoms with Gasteiger partial charge in [-0.15, -0.1) is 0 Å². The number of aryl methyl sites for hydroxylation is 2. The highest BCUT2D eigenvalue weighted by Gasteiger charge is 2.31. The van der Waals surface area contributed by atoms with Gasteiger partial charge in [-0.1, -0.05) is 35.5 Å². The van der Waals surface area contributed by atoms with E-state index in [0.717, 1.165) is 36.4 Å². The Kier molecular flexibility index (Phi) is 4.81. The summed E-state index contributed by atoms with van der Waals surface area (Å²) in [4.78, 5) is 4.48. The SMILES string of the molecule is Cc1nn(C)cc1[C@H]1OCC[C@@H]1NCCc1nc(-c2ccccc2)no1. The fourth-order valence-electron chi connectivity index (χ4n) is 3.43. The Morgan fingerprint density at radius 3 is 2.88 bits per heavy atom. The summed E-state index contributed by atoms with van der Waals surface area (Å²) in [6.45, 7) is 3.55. The van der Waals surface area contributed by atoms with Crippen LogP contribution in [0, 0.1) is 6.92 Å². The first-order valence-corrected chi connectivity index (χ1v) is 8.94. The van der Waals surface area contributed by atoms with Crippen LogP contribution in [0.1, 0.15) is 29.7 Å². The lowest BCUT2D eigenvalue weighted by atomic mass is 10.0. The summed E-state index contributed by atoms with van der Waals surface area (Å²) in [5.41, 5.74) is 3.15. The van der Waals surface area contributed by atoms with Gasteiger partial charge in [-0.3, -0.25) is 4.68 Å². The van der Waals surface area contributed by atoms with E-state index < -0.39 is 0 Å². The highest BCUT2D eigenvalue weighted by molar-refractivity contribution is 5.53. The zero-order chi connectivity index (χ0) is 17.9. The van der Waals surface area contributed by atoms with Crippen LogP contribution in [-0.2, 0) is 18.2 Å². The maximum Gasteiger partial charge on any atom is 0.228 e. The number of benzene rings is 1. The molecule has 2 aromatic heterocycles. The molecule has 1 aliphatic heterocycles. The molecule has 3 aromatic rings. The molecule has 0 saturated carbocycles. The fourth-order valence-corrected chi connectivity index (χ4v) is 3.43. The van der Waals surface area contributed by atoms with E-state index in [1.165, 1.54) is 0 Å². The predicted molar refractivity (Wildman–Crippen MR) is 96.5 cm³/mol. The molecule has 136 valence electrons. The van der Waals surface area contributed by atoms with Crippen LogP contribution in [0.25, 0.3) is 11.4 Å². The molecule has 4 rings (SSSR count). The number of hydrogen-bond donors (Lipinski definition) is 1. The Bertz CT molecular complexity index is 858. The minimum Gasteiger partial charge on any atom is -0.372 e. The van der Waals surface area contributed by atoms with Crippen molar-refractivity contribution in [3.8, 4) is 11.4 Å². The lowest BCUT2D eigenvalue weighted by molar-refractivity contribution is 0.0982. The van der Waals surface area contributed by atoms with Gasteiger partial charge in [-0.25, -0.2) is 0 Å². The third-order valence-electron chi connectivity index (χ3n) is 4.70. The molecule has 1 aliphatic rings. The smallest absolute Gasteiger partial charge is 0.228 e. The molecule has 1 saturated heterocycles. The lowest BCUT2D eigenvalue weighted by Gasteiger charge is -2.19. The van der Waals surface area contributed by atoms with Crippen molar-refractivity contribution in [2.75, 3.05) is 13.2 Å². The summed E-state index contributed by atoms with van der Waals surface area (Å²) in [6, 6.07) is 10.1. The summed E-state index contributed by atoms with van der Waals surface area (Å²) in [6.07, 6.45) is 3.77. The van der Waals surface area contributed by atoms with Gasteiger partial charge in [-0.2, -0.15) is 10.1 Å². The topological polar surface area (TPSA) is 78.0 Å². The molecule has 7 nitrogen and oxygen atoms in total. The largest absolute Gasteiger partial charge is 0.372 e. The third kappa shape index (κ3) is 3.54. The van der Waals surface area contributed by atoms with Crippen molar-refractivity contribution < 1.29 is 9.26 Å². The van der Waals surface area contributed by atoms with E-state index in [9.17, 15) is 0 Å². The number of rotatable bonds is 6. The van der Waals surface area contributed by atoms with Crippen LogP contribution in [0.4, 0.5) is 0 Å². The molecule has 2 atom stereocenters. The molecule has 0 radical (unpaired) electrons. The maximum absolute atomic E-state index is 5.94. The van der Waals surface area contributed by atoms with E-state index >= 15 is 0 Å². The zero-order valence-electron chi connectivity index (χ0n) is 15.1.